The van der Waals surface area contributed by atoms with Crippen LogP contribution in [0.4, 0.5) is 5.69 Å². The number of benzene rings is 1. The Bertz CT molecular complexity index is 869. The molecule has 0 aliphatic rings. The second-order valence-corrected chi connectivity index (χ2v) is 7.06. The molecule has 0 unspecified atom stereocenters. The quantitative estimate of drug-likeness (QED) is 0.707. The molecule has 2 aromatic heterocycles. The topological polar surface area (TPSA) is 62.7 Å². The number of hydrogen-bond donors (Lipinski definition) is 2. The van der Waals surface area contributed by atoms with Crippen molar-refractivity contribution in [1.82, 2.24) is 14.8 Å². The Hall–Kier alpha value is -2.56. The van der Waals surface area contributed by atoms with Crippen molar-refractivity contribution in [2.45, 2.75) is 47.1 Å². The van der Waals surface area contributed by atoms with Crippen LogP contribution in [0.15, 0.2) is 30.5 Å². The molecule has 0 aliphatic heterocycles. The van der Waals surface area contributed by atoms with Gasteiger partial charge in [0, 0.05) is 30.2 Å². The van der Waals surface area contributed by atoms with Crippen LogP contribution in [-0.2, 0) is 17.8 Å². The molecule has 3 aromatic rings. The number of aromatic nitrogens is 3. The Kier molecular flexibility index (Phi) is 4.93. The Morgan fingerprint density at radius 3 is 2.76 bits per heavy atom. The maximum absolute atomic E-state index is 12.4. The zero-order valence-corrected chi connectivity index (χ0v) is 15.4. The summed E-state index contributed by atoms with van der Waals surface area (Å²) >= 11 is 0. The average Bonchev–Trinajstić information content (AvgIpc) is 3.10. The van der Waals surface area contributed by atoms with Crippen molar-refractivity contribution < 1.29 is 4.79 Å². The highest BCUT2D eigenvalue weighted by atomic mass is 16.1. The summed E-state index contributed by atoms with van der Waals surface area (Å²) in [5.74, 6) is 0.611. The number of hydrogen-bond acceptors (Lipinski definition) is 2. The van der Waals surface area contributed by atoms with Crippen LogP contribution >= 0.6 is 0 Å². The Balaban J connectivity index is 1.72. The Morgan fingerprint density at radius 2 is 2.08 bits per heavy atom. The predicted molar refractivity (Wildman–Crippen MR) is 102 cm³/mol. The molecular formula is C20H26N4O. The molecule has 0 radical (unpaired) electrons. The van der Waals surface area contributed by atoms with E-state index in [1.54, 1.807) is 0 Å². The Labute approximate surface area is 148 Å². The number of fused-ring (bicyclic) bond motifs is 1. The molecular weight excluding hydrogens is 312 g/mol. The fourth-order valence-electron chi connectivity index (χ4n) is 3.28. The summed E-state index contributed by atoms with van der Waals surface area (Å²) in [5.41, 5.74) is 5.19. The monoisotopic (exact) mass is 338 g/mol. The highest BCUT2D eigenvalue weighted by Crippen LogP contribution is 2.25. The van der Waals surface area contributed by atoms with E-state index in [1.807, 2.05) is 26.0 Å². The standard InChI is InChI=1S/C20H26N4O/c1-13(2)12-24-11-10-17-18(6-5-7-19(17)24)21-20(25)9-8-16-14(3)22-23-15(16)4/h5-7,10-11,13H,8-9,12H2,1-4H3,(H,21,25)(H,22,23). The SMILES string of the molecule is Cc1n[nH]c(C)c1CCC(=O)Nc1cccc2c1ccn2CC(C)C. The number of aromatic amines is 1. The molecule has 25 heavy (non-hydrogen) atoms. The third kappa shape index (κ3) is 3.76. The molecule has 0 fully saturated rings. The minimum Gasteiger partial charge on any atom is -0.347 e. The summed E-state index contributed by atoms with van der Waals surface area (Å²) in [4.78, 5) is 12.4. The first-order valence-corrected chi connectivity index (χ1v) is 8.84. The lowest BCUT2D eigenvalue weighted by Crippen LogP contribution is -2.13. The summed E-state index contributed by atoms with van der Waals surface area (Å²) in [6.45, 7) is 9.34. The van der Waals surface area contributed by atoms with E-state index in [4.69, 9.17) is 0 Å². The van der Waals surface area contributed by atoms with E-state index in [-0.39, 0.29) is 5.91 Å². The van der Waals surface area contributed by atoms with Crippen molar-refractivity contribution in [3.63, 3.8) is 0 Å². The zero-order valence-electron chi connectivity index (χ0n) is 15.4. The average molecular weight is 338 g/mol. The number of nitrogens with zero attached hydrogens (tertiary/aromatic N) is 2. The number of aryl methyl sites for hydroxylation is 2. The summed E-state index contributed by atoms with van der Waals surface area (Å²) in [7, 11) is 0. The van der Waals surface area contributed by atoms with Gasteiger partial charge in [0.05, 0.1) is 16.9 Å². The number of nitrogens with one attached hydrogen (secondary N) is 2. The van der Waals surface area contributed by atoms with E-state index in [0.717, 1.165) is 40.1 Å². The second kappa shape index (κ2) is 7.13. The minimum absolute atomic E-state index is 0.0316. The van der Waals surface area contributed by atoms with Gasteiger partial charge < -0.3 is 9.88 Å². The van der Waals surface area contributed by atoms with E-state index in [1.165, 1.54) is 0 Å². The zero-order chi connectivity index (χ0) is 18.0. The van der Waals surface area contributed by atoms with E-state index in [2.05, 4.69) is 52.3 Å². The summed E-state index contributed by atoms with van der Waals surface area (Å²) in [5, 5.41) is 11.3. The van der Waals surface area contributed by atoms with Crippen molar-refractivity contribution >= 4 is 22.5 Å². The second-order valence-electron chi connectivity index (χ2n) is 7.06. The molecule has 2 heterocycles. The molecule has 2 N–H and O–H groups in total. The molecule has 1 amide bonds. The van der Waals surface area contributed by atoms with Crippen molar-refractivity contribution in [2.24, 2.45) is 5.92 Å². The molecule has 1 aromatic carbocycles. The van der Waals surface area contributed by atoms with Gasteiger partial charge in [-0.15, -0.1) is 0 Å². The first-order chi connectivity index (χ1) is 12.0. The van der Waals surface area contributed by atoms with E-state index in [0.29, 0.717) is 18.8 Å². The predicted octanol–water partition coefficient (Wildman–Crippen LogP) is 4.21. The van der Waals surface area contributed by atoms with E-state index >= 15 is 0 Å². The number of anilines is 1. The van der Waals surface area contributed by atoms with Gasteiger partial charge in [-0.2, -0.15) is 5.10 Å². The van der Waals surface area contributed by atoms with Gasteiger partial charge in [-0.25, -0.2) is 0 Å². The molecule has 5 heteroatoms. The van der Waals surface area contributed by atoms with Gasteiger partial charge in [-0.1, -0.05) is 19.9 Å². The first kappa shape index (κ1) is 17.3. The van der Waals surface area contributed by atoms with Gasteiger partial charge in [-0.3, -0.25) is 9.89 Å². The number of carbonyl (C=O) groups excluding carboxylic acids is 1. The number of H-pyrrole nitrogens is 1. The smallest absolute Gasteiger partial charge is 0.224 e. The van der Waals surface area contributed by atoms with Gasteiger partial charge in [0.2, 0.25) is 5.91 Å². The van der Waals surface area contributed by atoms with Crippen LogP contribution < -0.4 is 5.32 Å². The molecule has 132 valence electrons. The van der Waals surface area contributed by atoms with Crippen LogP contribution in [0.5, 0.6) is 0 Å². The number of carbonyl (C=O) groups is 1. The minimum atomic E-state index is 0.0316. The lowest BCUT2D eigenvalue weighted by atomic mass is 10.1. The van der Waals surface area contributed by atoms with Crippen LogP contribution in [0.25, 0.3) is 10.9 Å². The van der Waals surface area contributed by atoms with E-state index in [9.17, 15) is 4.79 Å². The lowest BCUT2D eigenvalue weighted by molar-refractivity contribution is -0.116. The lowest BCUT2D eigenvalue weighted by Gasteiger charge is -2.10. The third-order valence-electron chi connectivity index (χ3n) is 4.53. The van der Waals surface area contributed by atoms with Gasteiger partial charge in [-0.05, 0) is 49.9 Å². The first-order valence-electron chi connectivity index (χ1n) is 8.84. The number of rotatable bonds is 6. The summed E-state index contributed by atoms with van der Waals surface area (Å²) in [6, 6.07) is 8.15. The molecule has 5 nitrogen and oxygen atoms in total. The molecule has 0 bridgehead atoms. The highest BCUT2D eigenvalue weighted by Gasteiger charge is 2.12. The summed E-state index contributed by atoms with van der Waals surface area (Å²) < 4.78 is 2.24. The van der Waals surface area contributed by atoms with Crippen molar-refractivity contribution in [1.29, 1.82) is 0 Å². The molecule has 0 saturated heterocycles. The van der Waals surface area contributed by atoms with Crippen molar-refractivity contribution in [3.8, 4) is 0 Å². The normalized spacial score (nSPS) is 11.4. The molecule has 0 atom stereocenters. The van der Waals surface area contributed by atoms with Gasteiger partial charge in [0.1, 0.15) is 0 Å². The number of amides is 1. The Morgan fingerprint density at radius 1 is 1.28 bits per heavy atom. The largest absolute Gasteiger partial charge is 0.347 e. The van der Waals surface area contributed by atoms with Crippen LogP contribution in [0.2, 0.25) is 0 Å². The van der Waals surface area contributed by atoms with Crippen molar-refractivity contribution in [2.75, 3.05) is 5.32 Å². The fourth-order valence-corrected chi connectivity index (χ4v) is 3.28. The molecule has 3 rings (SSSR count). The molecule has 0 aliphatic carbocycles. The van der Waals surface area contributed by atoms with Crippen molar-refractivity contribution in [3.05, 3.63) is 47.4 Å². The van der Waals surface area contributed by atoms with Crippen LogP contribution in [0, 0.1) is 19.8 Å². The van der Waals surface area contributed by atoms with Crippen LogP contribution in [0.3, 0.4) is 0 Å². The van der Waals surface area contributed by atoms with Crippen LogP contribution in [-0.4, -0.2) is 20.7 Å². The third-order valence-corrected chi connectivity index (χ3v) is 4.53. The van der Waals surface area contributed by atoms with Gasteiger partial charge >= 0.3 is 0 Å². The summed E-state index contributed by atoms with van der Waals surface area (Å²) in [6.07, 6.45) is 3.24. The van der Waals surface area contributed by atoms with Crippen LogP contribution in [0.1, 0.15) is 37.2 Å². The fraction of sp³-hybridized carbons (Fsp3) is 0.400. The highest BCUT2D eigenvalue weighted by molar-refractivity contribution is 6.01. The maximum Gasteiger partial charge on any atom is 0.224 e. The van der Waals surface area contributed by atoms with Gasteiger partial charge in [0.25, 0.3) is 0 Å². The van der Waals surface area contributed by atoms with Gasteiger partial charge in [0.15, 0.2) is 0 Å². The maximum atomic E-state index is 12.4. The molecule has 0 saturated carbocycles. The molecule has 0 spiro atoms. The van der Waals surface area contributed by atoms with E-state index < -0.39 is 0 Å².